The van der Waals surface area contributed by atoms with E-state index >= 15 is 0 Å². The van der Waals surface area contributed by atoms with Gasteiger partial charge in [-0.3, -0.25) is 5.10 Å². The molecule has 104 valence electrons. The number of fused-ring (bicyclic) bond motifs is 1. The Morgan fingerprint density at radius 1 is 1.24 bits per heavy atom. The molecule has 8 heteroatoms. The molecule has 0 aliphatic carbocycles. The fraction of sp³-hybridized carbons (Fsp3) is 0.0769. The molecule has 0 bridgehead atoms. The average molecular weight is 361 g/mol. The predicted octanol–water partition coefficient (Wildman–Crippen LogP) is 3.31. The van der Waals surface area contributed by atoms with Crippen molar-refractivity contribution in [2.75, 3.05) is 0 Å². The van der Waals surface area contributed by atoms with Gasteiger partial charge in [0.1, 0.15) is 10.7 Å². The van der Waals surface area contributed by atoms with Crippen LogP contribution in [0.5, 0.6) is 0 Å². The van der Waals surface area contributed by atoms with Gasteiger partial charge in [0.25, 0.3) is 0 Å². The lowest BCUT2D eigenvalue weighted by molar-refractivity contribution is 0.952. The van der Waals surface area contributed by atoms with Gasteiger partial charge < -0.3 is 0 Å². The Hall–Kier alpha value is -2.06. The van der Waals surface area contributed by atoms with Crippen LogP contribution >= 0.6 is 27.3 Å². The summed E-state index contributed by atoms with van der Waals surface area (Å²) in [5.74, 6) is 0.643. The summed E-state index contributed by atoms with van der Waals surface area (Å²) in [5, 5.41) is 21.0. The van der Waals surface area contributed by atoms with Crippen molar-refractivity contribution < 1.29 is 0 Å². The Labute approximate surface area is 132 Å². The Bertz CT molecular complexity index is 937. The zero-order valence-corrected chi connectivity index (χ0v) is 13.3. The van der Waals surface area contributed by atoms with E-state index in [1.807, 2.05) is 37.3 Å². The van der Waals surface area contributed by atoms with Gasteiger partial charge in [0, 0.05) is 15.7 Å². The first kappa shape index (κ1) is 12.7. The number of benzene rings is 1. The van der Waals surface area contributed by atoms with Crippen molar-refractivity contribution in [2.24, 2.45) is 0 Å². The SMILES string of the molecule is Cc1cc(-c2nnc3sc(-c4ccccc4Br)nn23)n[nH]1. The largest absolute Gasteiger partial charge is 0.282 e. The summed E-state index contributed by atoms with van der Waals surface area (Å²) < 4.78 is 2.74. The van der Waals surface area contributed by atoms with Gasteiger partial charge in [-0.1, -0.05) is 45.5 Å². The molecule has 0 aliphatic rings. The number of halogens is 1. The molecule has 0 atom stereocenters. The molecule has 0 saturated heterocycles. The van der Waals surface area contributed by atoms with Crippen LogP contribution in [-0.4, -0.2) is 30.0 Å². The minimum absolute atomic E-state index is 0.643. The van der Waals surface area contributed by atoms with Crippen molar-refractivity contribution in [2.45, 2.75) is 6.92 Å². The number of hydrogen-bond donors (Lipinski definition) is 1. The maximum Gasteiger partial charge on any atom is 0.235 e. The number of rotatable bonds is 2. The summed E-state index contributed by atoms with van der Waals surface area (Å²) in [5.41, 5.74) is 2.75. The van der Waals surface area contributed by atoms with E-state index in [0.29, 0.717) is 5.82 Å². The average Bonchev–Trinajstić information content (AvgIpc) is 3.14. The minimum atomic E-state index is 0.643. The van der Waals surface area contributed by atoms with Crippen molar-refractivity contribution in [3.05, 3.63) is 40.5 Å². The molecule has 4 aromatic rings. The lowest BCUT2D eigenvalue weighted by Crippen LogP contribution is -1.91. The van der Waals surface area contributed by atoms with Gasteiger partial charge in [0.2, 0.25) is 10.8 Å². The Balaban J connectivity index is 1.88. The molecule has 0 radical (unpaired) electrons. The number of nitrogens with zero attached hydrogens (tertiary/aromatic N) is 5. The van der Waals surface area contributed by atoms with Crippen molar-refractivity contribution >= 4 is 32.2 Å². The fourth-order valence-electron chi connectivity index (χ4n) is 2.05. The first-order valence-corrected chi connectivity index (χ1v) is 7.83. The highest BCUT2D eigenvalue weighted by Gasteiger charge is 2.17. The number of hydrogen-bond acceptors (Lipinski definition) is 5. The van der Waals surface area contributed by atoms with Crippen LogP contribution < -0.4 is 0 Å². The van der Waals surface area contributed by atoms with Gasteiger partial charge in [-0.15, -0.1) is 10.2 Å². The standard InChI is InChI=1S/C13H9BrN6S/c1-7-6-10(16-15-7)11-17-18-13-20(11)19-12(21-13)8-4-2-3-5-9(8)14/h2-6H,1H3,(H,15,16). The topological polar surface area (TPSA) is 71.8 Å². The molecule has 4 rings (SSSR count). The van der Waals surface area contributed by atoms with E-state index in [0.717, 1.165) is 31.4 Å². The lowest BCUT2D eigenvalue weighted by atomic mass is 10.2. The van der Waals surface area contributed by atoms with Gasteiger partial charge in [-0.2, -0.15) is 14.7 Å². The number of H-pyrrole nitrogens is 1. The monoisotopic (exact) mass is 360 g/mol. The lowest BCUT2D eigenvalue weighted by Gasteiger charge is -1.97. The molecule has 1 N–H and O–H groups in total. The quantitative estimate of drug-likeness (QED) is 0.595. The molecule has 0 unspecified atom stereocenters. The van der Waals surface area contributed by atoms with Crippen LogP contribution in [-0.2, 0) is 0 Å². The van der Waals surface area contributed by atoms with Gasteiger partial charge >= 0.3 is 0 Å². The van der Waals surface area contributed by atoms with E-state index in [9.17, 15) is 0 Å². The summed E-state index contributed by atoms with van der Waals surface area (Å²) in [6.07, 6.45) is 0. The molecule has 6 nitrogen and oxygen atoms in total. The Morgan fingerprint density at radius 3 is 2.86 bits per heavy atom. The van der Waals surface area contributed by atoms with Crippen LogP contribution in [0.15, 0.2) is 34.8 Å². The first-order valence-electron chi connectivity index (χ1n) is 6.22. The van der Waals surface area contributed by atoms with Crippen molar-refractivity contribution in [1.82, 2.24) is 30.0 Å². The summed E-state index contributed by atoms with van der Waals surface area (Å²) in [6, 6.07) is 9.91. The third-order valence-corrected chi connectivity index (χ3v) is 4.65. The number of aromatic amines is 1. The molecule has 0 spiro atoms. The van der Waals surface area contributed by atoms with Crippen LogP contribution in [0.25, 0.3) is 27.1 Å². The summed E-state index contributed by atoms with van der Waals surface area (Å²) in [6.45, 7) is 1.95. The maximum absolute atomic E-state index is 4.62. The molecule has 0 aliphatic heterocycles. The fourth-order valence-corrected chi connectivity index (χ4v) is 3.54. The van der Waals surface area contributed by atoms with Gasteiger partial charge in [0.05, 0.1) is 0 Å². The highest BCUT2D eigenvalue weighted by Crippen LogP contribution is 2.32. The highest BCUT2D eigenvalue weighted by molar-refractivity contribution is 9.10. The van der Waals surface area contributed by atoms with Crippen LogP contribution in [0.1, 0.15) is 5.69 Å². The molecular formula is C13H9BrN6S. The van der Waals surface area contributed by atoms with Crippen molar-refractivity contribution in [3.8, 4) is 22.1 Å². The Kier molecular flexibility index (Phi) is 2.86. The van der Waals surface area contributed by atoms with E-state index in [-0.39, 0.29) is 0 Å². The van der Waals surface area contributed by atoms with E-state index < -0.39 is 0 Å². The molecule has 3 aromatic heterocycles. The zero-order valence-electron chi connectivity index (χ0n) is 10.9. The zero-order chi connectivity index (χ0) is 14.4. The van der Waals surface area contributed by atoms with Crippen molar-refractivity contribution in [1.29, 1.82) is 0 Å². The molecule has 0 amide bonds. The van der Waals surface area contributed by atoms with Gasteiger partial charge in [-0.05, 0) is 19.1 Å². The molecular weight excluding hydrogens is 352 g/mol. The van der Waals surface area contributed by atoms with E-state index in [4.69, 9.17) is 0 Å². The van der Waals surface area contributed by atoms with Crippen LogP contribution in [0.3, 0.4) is 0 Å². The van der Waals surface area contributed by atoms with Crippen LogP contribution in [0.2, 0.25) is 0 Å². The minimum Gasteiger partial charge on any atom is -0.282 e. The second-order valence-electron chi connectivity index (χ2n) is 4.54. The van der Waals surface area contributed by atoms with Gasteiger partial charge in [-0.25, -0.2) is 0 Å². The molecule has 3 heterocycles. The van der Waals surface area contributed by atoms with E-state index in [1.165, 1.54) is 11.3 Å². The Morgan fingerprint density at radius 2 is 2.10 bits per heavy atom. The highest BCUT2D eigenvalue weighted by atomic mass is 79.9. The number of aryl methyl sites for hydroxylation is 1. The van der Waals surface area contributed by atoms with E-state index in [2.05, 4.69) is 41.4 Å². The van der Waals surface area contributed by atoms with Gasteiger partial charge in [0.15, 0.2) is 0 Å². The molecule has 0 saturated carbocycles. The molecule has 0 fully saturated rings. The second-order valence-corrected chi connectivity index (χ2v) is 6.35. The van der Waals surface area contributed by atoms with Crippen LogP contribution in [0, 0.1) is 6.92 Å². The second kappa shape index (κ2) is 4.74. The molecule has 21 heavy (non-hydrogen) atoms. The number of nitrogens with one attached hydrogen (secondary N) is 1. The summed E-state index contributed by atoms with van der Waals surface area (Å²) in [7, 11) is 0. The normalized spacial score (nSPS) is 11.3. The third kappa shape index (κ3) is 2.07. The predicted molar refractivity (Wildman–Crippen MR) is 84.1 cm³/mol. The molecule has 1 aromatic carbocycles. The van der Waals surface area contributed by atoms with Crippen LogP contribution in [0.4, 0.5) is 0 Å². The summed E-state index contributed by atoms with van der Waals surface area (Å²) >= 11 is 5.05. The summed E-state index contributed by atoms with van der Waals surface area (Å²) in [4.78, 5) is 0.747. The number of aromatic nitrogens is 6. The smallest absolute Gasteiger partial charge is 0.235 e. The maximum atomic E-state index is 4.62. The van der Waals surface area contributed by atoms with E-state index in [1.54, 1.807) is 4.52 Å². The van der Waals surface area contributed by atoms with Crippen molar-refractivity contribution in [3.63, 3.8) is 0 Å². The third-order valence-electron chi connectivity index (χ3n) is 3.03. The first-order chi connectivity index (χ1) is 10.2.